The highest BCUT2D eigenvalue weighted by molar-refractivity contribution is 5.85. The summed E-state index contributed by atoms with van der Waals surface area (Å²) >= 11 is 0. The molecule has 28 heavy (non-hydrogen) atoms. The van der Waals surface area contributed by atoms with Gasteiger partial charge in [-0.25, -0.2) is 4.98 Å². The van der Waals surface area contributed by atoms with E-state index in [-0.39, 0.29) is 11.8 Å². The number of ether oxygens (including phenoxy) is 1. The molecule has 1 aliphatic rings. The molecule has 1 heterocycles. The summed E-state index contributed by atoms with van der Waals surface area (Å²) in [6, 6.07) is 12.2. The van der Waals surface area contributed by atoms with Crippen LogP contribution in [0.25, 0.3) is 22.2 Å². The zero-order chi connectivity index (χ0) is 19.5. The van der Waals surface area contributed by atoms with Crippen LogP contribution in [0.2, 0.25) is 0 Å². The third kappa shape index (κ3) is 3.88. The van der Waals surface area contributed by atoms with Gasteiger partial charge in [0.2, 0.25) is 5.91 Å². The molecule has 0 atom stereocenters. The van der Waals surface area contributed by atoms with Gasteiger partial charge in [-0.3, -0.25) is 4.79 Å². The molecule has 1 saturated carbocycles. The van der Waals surface area contributed by atoms with E-state index in [4.69, 9.17) is 9.15 Å². The first kappa shape index (κ1) is 18.5. The van der Waals surface area contributed by atoms with E-state index in [1.807, 2.05) is 25.1 Å². The summed E-state index contributed by atoms with van der Waals surface area (Å²) in [6.45, 7) is 2.73. The fourth-order valence-electron chi connectivity index (χ4n) is 3.50. The summed E-state index contributed by atoms with van der Waals surface area (Å²) in [6.07, 6.45) is 4.52. The number of hydrogen-bond donors (Lipinski definition) is 1. The minimum atomic E-state index is 0.196. The number of fused-ring (bicyclic) bond motifs is 1. The molecule has 2 aromatic carbocycles. The average Bonchev–Trinajstić information content (AvgIpc) is 3.50. The van der Waals surface area contributed by atoms with E-state index in [0.717, 1.165) is 71.5 Å². The number of oxazole rings is 1. The van der Waals surface area contributed by atoms with E-state index in [1.54, 1.807) is 7.11 Å². The Morgan fingerprint density at radius 3 is 2.68 bits per heavy atom. The number of nitrogens with zero attached hydrogens (tertiary/aromatic N) is 1. The van der Waals surface area contributed by atoms with Crippen LogP contribution >= 0.6 is 0 Å². The normalized spacial score (nSPS) is 13.6. The van der Waals surface area contributed by atoms with Crippen LogP contribution in [0.4, 0.5) is 0 Å². The molecule has 1 aliphatic carbocycles. The van der Waals surface area contributed by atoms with Gasteiger partial charge < -0.3 is 14.5 Å². The second-order valence-corrected chi connectivity index (χ2v) is 7.30. The first-order valence-corrected chi connectivity index (χ1v) is 10.0. The largest absolute Gasteiger partial charge is 0.497 e. The van der Waals surface area contributed by atoms with Crippen molar-refractivity contribution in [3.8, 4) is 16.9 Å². The van der Waals surface area contributed by atoms with Gasteiger partial charge in [0, 0.05) is 24.4 Å². The quantitative estimate of drug-likeness (QED) is 0.585. The van der Waals surface area contributed by atoms with Crippen molar-refractivity contribution in [1.82, 2.24) is 10.3 Å². The number of aryl methyl sites for hydroxylation is 2. The summed E-state index contributed by atoms with van der Waals surface area (Å²) in [7, 11) is 1.67. The maximum atomic E-state index is 11.9. The molecule has 146 valence electrons. The van der Waals surface area contributed by atoms with Crippen molar-refractivity contribution in [2.75, 3.05) is 13.7 Å². The molecular formula is C23H26N2O3. The number of nitrogens with one attached hydrogen (secondary N) is 1. The molecule has 1 aromatic heterocycles. The third-order valence-corrected chi connectivity index (χ3v) is 5.26. The summed E-state index contributed by atoms with van der Waals surface area (Å²) in [4.78, 5) is 16.5. The van der Waals surface area contributed by atoms with Gasteiger partial charge in [-0.2, -0.15) is 0 Å². The van der Waals surface area contributed by atoms with Crippen molar-refractivity contribution in [3.05, 3.63) is 47.9 Å². The highest BCUT2D eigenvalue weighted by Gasteiger charge is 2.29. The second-order valence-electron chi connectivity index (χ2n) is 7.30. The van der Waals surface area contributed by atoms with Gasteiger partial charge in [0.05, 0.1) is 7.11 Å². The molecule has 0 radical (unpaired) electrons. The molecule has 1 fully saturated rings. The highest BCUT2D eigenvalue weighted by Crippen LogP contribution is 2.33. The third-order valence-electron chi connectivity index (χ3n) is 5.26. The molecule has 1 N–H and O–H groups in total. The molecule has 5 heteroatoms. The van der Waals surface area contributed by atoms with Gasteiger partial charge in [-0.1, -0.05) is 25.1 Å². The fraction of sp³-hybridized carbons (Fsp3) is 0.391. The Bertz CT molecular complexity index is 971. The number of rotatable bonds is 8. The Morgan fingerprint density at radius 2 is 2.00 bits per heavy atom. The molecular weight excluding hydrogens is 352 g/mol. The minimum Gasteiger partial charge on any atom is -0.497 e. The van der Waals surface area contributed by atoms with E-state index in [2.05, 4.69) is 28.5 Å². The summed E-state index contributed by atoms with van der Waals surface area (Å²) in [5, 5.41) is 3.05. The van der Waals surface area contributed by atoms with Crippen molar-refractivity contribution in [2.24, 2.45) is 5.92 Å². The Hall–Kier alpha value is -2.82. The smallest absolute Gasteiger partial charge is 0.223 e. The fourth-order valence-corrected chi connectivity index (χ4v) is 3.50. The van der Waals surface area contributed by atoms with Gasteiger partial charge in [-0.05, 0) is 55.0 Å². The van der Waals surface area contributed by atoms with Crippen LogP contribution in [0.1, 0.15) is 37.6 Å². The van der Waals surface area contributed by atoms with Crippen molar-refractivity contribution in [2.45, 2.75) is 39.0 Å². The van der Waals surface area contributed by atoms with Gasteiger partial charge in [0.1, 0.15) is 11.3 Å². The zero-order valence-electron chi connectivity index (χ0n) is 16.5. The van der Waals surface area contributed by atoms with Crippen molar-refractivity contribution in [1.29, 1.82) is 0 Å². The van der Waals surface area contributed by atoms with E-state index in [1.165, 1.54) is 0 Å². The standard InChI is InChI=1S/C23H26N2O3/c1-3-21-25-20-13-12-18(15-8-10-17(27-2)11-9-15)19(22(20)28-21)5-4-14-24-23(26)16-6-7-16/h8-13,16H,3-7,14H2,1-2H3,(H,24,26). The number of methoxy groups -OCH3 is 1. The minimum absolute atomic E-state index is 0.196. The lowest BCUT2D eigenvalue weighted by atomic mass is 9.95. The molecule has 0 unspecified atom stereocenters. The van der Waals surface area contributed by atoms with Crippen molar-refractivity contribution >= 4 is 17.0 Å². The van der Waals surface area contributed by atoms with Crippen LogP contribution in [0, 0.1) is 5.92 Å². The van der Waals surface area contributed by atoms with Crippen LogP contribution in [0.3, 0.4) is 0 Å². The molecule has 4 rings (SSSR count). The maximum Gasteiger partial charge on any atom is 0.223 e. The number of carbonyl (C=O) groups excluding carboxylic acids is 1. The van der Waals surface area contributed by atoms with Crippen LogP contribution in [0.5, 0.6) is 5.75 Å². The van der Waals surface area contributed by atoms with Gasteiger partial charge in [0.25, 0.3) is 0 Å². The number of aromatic nitrogens is 1. The predicted octanol–water partition coefficient (Wildman–Crippen LogP) is 4.52. The molecule has 0 saturated heterocycles. The average molecular weight is 378 g/mol. The molecule has 1 amide bonds. The van der Waals surface area contributed by atoms with Crippen LogP contribution in [0.15, 0.2) is 40.8 Å². The van der Waals surface area contributed by atoms with Crippen LogP contribution in [-0.4, -0.2) is 24.5 Å². The Balaban J connectivity index is 1.61. The van der Waals surface area contributed by atoms with Gasteiger partial charge >= 0.3 is 0 Å². The maximum absolute atomic E-state index is 11.9. The predicted molar refractivity (Wildman–Crippen MR) is 109 cm³/mol. The molecule has 0 spiro atoms. The summed E-state index contributed by atoms with van der Waals surface area (Å²) < 4.78 is 11.3. The van der Waals surface area contributed by atoms with E-state index >= 15 is 0 Å². The highest BCUT2D eigenvalue weighted by atomic mass is 16.5. The lowest BCUT2D eigenvalue weighted by molar-refractivity contribution is -0.122. The molecule has 3 aromatic rings. The number of hydrogen-bond acceptors (Lipinski definition) is 4. The lowest BCUT2D eigenvalue weighted by Crippen LogP contribution is -2.26. The van der Waals surface area contributed by atoms with Crippen LogP contribution in [-0.2, 0) is 17.6 Å². The molecule has 0 bridgehead atoms. The number of carbonyl (C=O) groups is 1. The number of benzene rings is 2. The second kappa shape index (κ2) is 8.05. The van der Waals surface area contributed by atoms with Crippen LogP contribution < -0.4 is 10.1 Å². The summed E-state index contributed by atoms with van der Waals surface area (Å²) in [5.74, 6) is 2.04. The van der Waals surface area contributed by atoms with Crippen molar-refractivity contribution in [3.63, 3.8) is 0 Å². The Kier molecular flexibility index (Phi) is 5.33. The number of amides is 1. The zero-order valence-corrected chi connectivity index (χ0v) is 16.5. The van der Waals surface area contributed by atoms with E-state index in [9.17, 15) is 4.79 Å². The lowest BCUT2D eigenvalue weighted by Gasteiger charge is -2.11. The van der Waals surface area contributed by atoms with E-state index in [0.29, 0.717) is 6.54 Å². The van der Waals surface area contributed by atoms with Gasteiger partial charge in [0.15, 0.2) is 11.5 Å². The molecule has 5 nitrogen and oxygen atoms in total. The van der Waals surface area contributed by atoms with Gasteiger partial charge in [-0.15, -0.1) is 0 Å². The molecule has 0 aliphatic heterocycles. The Labute approximate surface area is 165 Å². The van der Waals surface area contributed by atoms with E-state index < -0.39 is 0 Å². The first-order valence-electron chi connectivity index (χ1n) is 10.0. The monoisotopic (exact) mass is 378 g/mol. The Morgan fingerprint density at radius 1 is 1.21 bits per heavy atom. The first-order chi connectivity index (χ1) is 13.7. The SMILES string of the molecule is CCc1nc2ccc(-c3ccc(OC)cc3)c(CCCNC(=O)C3CC3)c2o1. The summed E-state index contributed by atoms with van der Waals surface area (Å²) in [5.41, 5.74) is 5.16. The van der Waals surface area contributed by atoms with Crippen molar-refractivity contribution < 1.29 is 13.9 Å². The topological polar surface area (TPSA) is 64.4 Å².